The molecule has 1 N–H and O–H groups in total. The highest BCUT2D eigenvalue weighted by atomic mass is 15.0. The molecule has 2 heteroatoms. The van der Waals surface area contributed by atoms with E-state index in [-0.39, 0.29) is 0 Å². The van der Waals surface area contributed by atoms with E-state index in [2.05, 4.69) is 59.5 Å². The third-order valence-corrected chi connectivity index (χ3v) is 3.39. The first kappa shape index (κ1) is 9.67. The van der Waals surface area contributed by atoms with Crippen LogP contribution in [0.1, 0.15) is 22.9 Å². The van der Waals surface area contributed by atoms with Crippen LogP contribution in [0.3, 0.4) is 0 Å². The van der Waals surface area contributed by atoms with Gasteiger partial charge in [-0.2, -0.15) is 0 Å². The lowest BCUT2D eigenvalue weighted by atomic mass is 9.95. The Labute approximate surface area is 95.9 Å². The molecule has 3 rings (SSSR count). The molecular weight excluding hydrogens is 196 g/mol. The zero-order valence-corrected chi connectivity index (χ0v) is 9.48. The number of benzene rings is 1. The fourth-order valence-corrected chi connectivity index (χ4v) is 2.55. The highest BCUT2D eigenvalue weighted by Crippen LogP contribution is 2.28. The van der Waals surface area contributed by atoms with Crippen molar-refractivity contribution in [1.82, 2.24) is 9.88 Å². The normalized spacial score (nSPS) is 19.4. The molecule has 0 bridgehead atoms. The summed E-state index contributed by atoms with van der Waals surface area (Å²) >= 11 is 0. The number of aryl methyl sites for hydroxylation is 1. The van der Waals surface area contributed by atoms with Gasteiger partial charge in [0.25, 0.3) is 0 Å². The quantitative estimate of drug-likeness (QED) is 0.767. The van der Waals surface area contributed by atoms with Gasteiger partial charge in [-0.3, -0.25) is 0 Å². The standard InChI is InChI=1S/C14H16N2/c1-16-10-8-12-13(16)7-9-15-14(12)11-5-3-2-4-6-11/h2-6,8,10,14-15H,7,9H2,1H3/t14-/m1/s1. The van der Waals surface area contributed by atoms with Crippen LogP contribution in [-0.2, 0) is 13.5 Å². The zero-order chi connectivity index (χ0) is 11.0. The fraction of sp³-hybridized carbons (Fsp3) is 0.286. The van der Waals surface area contributed by atoms with Gasteiger partial charge in [-0.05, 0) is 17.2 Å². The molecule has 2 aromatic rings. The molecule has 2 heterocycles. The van der Waals surface area contributed by atoms with Crippen LogP contribution < -0.4 is 5.32 Å². The highest BCUT2D eigenvalue weighted by Gasteiger charge is 2.22. The smallest absolute Gasteiger partial charge is 0.0594 e. The Hall–Kier alpha value is -1.54. The molecule has 1 aliphatic rings. The summed E-state index contributed by atoms with van der Waals surface area (Å²) in [5.74, 6) is 0. The molecule has 82 valence electrons. The second kappa shape index (κ2) is 3.80. The monoisotopic (exact) mass is 212 g/mol. The topological polar surface area (TPSA) is 17.0 Å². The summed E-state index contributed by atoms with van der Waals surface area (Å²) in [5, 5.41) is 3.59. The number of aromatic nitrogens is 1. The first-order valence-corrected chi connectivity index (χ1v) is 5.78. The predicted octanol–water partition coefficient (Wildman–Crippen LogP) is 2.26. The summed E-state index contributed by atoms with van der Waals surface area (Å²) in [6, 6.07) is 13.3. The van der Waals surface area contributed by atoms with Gasteiger partial charge in [0.15, 0.2) is 0 Å². The summed E-state index contributed by atoms with van der Waals surface area (Å²) in [6.07, 6.45) is 3.29. The molecule has 0 saturated heterocycles. The van der Waals surface area contributed by atoms with E-state index in [1.165, 1.54) is 16.8 Å². The highest BCUT2D eigenvalue weighted by molar-refractivity contribution is 5.37. The Morgan fingerprint density at radius 1 is 1.19 bits per heavy atom. The van der Waals surface area contributed by atoms with Crippen molar-refractivity contribution < 1.29 is 0 Å². The number of fused-ring (bicyclic) bond motifs is 1. The molecule has 16 heavy (non-hydrogen) atoms. The van der Waals surface area contributed by atoms with Crippen molar-refractivity contribution >= 4 is 0 Å². The van der Waals surface area contributed by atoms with Crippen LogP contribution in [0, 0.1) is 0 Å². The lowest BCUT2D eigenvalue weighted by molar-refractivity contribution is 0.553. The number of rotatable bonds is 1. The zero-order valence-electron chi connectivity index (χ0n) is 9.48. The SMILES string of the molecule is Cn1ccc2c1CCN[C@@H]2c1ccccc1. The van der Waals surface area contributed by atoms with E-state index in [1.54, 1.807) is 0 Å². The average Bonchev–Trinajstić information content (AvgIpc) is 2.73. The molecule has 0 amide bonds. The first-order chi connectivity index (χ1) is 7.86. The predicted molar refractivity (Wildman–Crippen MR) is 65.4 cm³/mol. The van der Waals surface area contributed by atoms with Crippen LogP contribution in [0.25, 0.3) is 0 Å². The summed E-state index contributed by atoms with van der Waals surface area (Å²) in [6.45, 7) is 1.06. The van der Waals surface area contributed by atoms with Gasteiger partial charge in [-0.1, -0.05) is 30.3 Å². The number of hydrogen-bond donors (Lipinski definition) is 1. The van der Waals surface area contributed by atoms with E-state index in [0.29, 0.717) is 6.04 Å². The molecule has 1 aliphatic heterocycles. The molecule has 0 spiro atoms. The van der Waals surface area contributed by atoms with Crippen LogP contribution in [0.4, 0.5) is 0 Å². The van der Waals surface area contributed by atoms with Gasteiger partial charge >= 0.3 is 0 Å². The van der Waals surface area contributed by atoms with Crippen molar-refractivity contribution in [3.63, 3.8) is 0 Å². The Morgan fingerprint density at radius 3 is 2.81 bits per heavy atom. The molecule has 0 fully saturated rings. The third kappa shape index (κ3) is 1.46. The minimum absolute atomic E-state index is 0.367. The molecular formula is C14H16N2. The van der Waals surface area contributed by atoms with Crippen LogP contribution in [-0.4, -0.2) is 11.1 Å². The summed E-state index contributed by atoms with van der Waals surface area (Å²) < 4.78 is 2.24. The van der Waals surface area contributed by atoms with Crippen molar-refractivity contribution in [3.05, 3.63) is 59.4 Å². The first-order valence-electron chi connectivity index (χ1n) is 5.78. The second-order valence-electron chi connectivity index (χ2n) is 4.38. The molecule has 0 radical (unpaired) electrons. The van der Waals surface area contributed by atoms with Crippen molar-refractivity contribution in [2.75, 3.05) is 6.54 Å². The second-order valence-corrected chi connectivity index (χ2v) is 4.38. The van der Waals surface area contributed by atoms with Crippen LogP contribution in [0.2, 0.25) is 0 Å². The van der Waals surface area contributed by atoms with E-state index < -0.39 is 0 Å². The molecule has 0 unspecified atom stereocenters. The molecule has 1 aromatic heterocycles. The van der Waals surface area contributed by atoms with Gasteiger partial charge < -0.3 is 9.88 Å². The van der Waals surface area contributed by atoms with E-state index in [0.717, 1.165) is 13.0 Å². The maximum atomic E-state index is 3.59. The van der Waals surface area contributed by atoms with Gasteiger partial charge in [0, 0.05) is 31.9 Å². The third-order valence-electron chi connectivity index (χ3n) is 3.39. The van der Waals surface area contributed by atoms with Crippen LogP contribution >= 0.6 is 0 Å². The molecule has 1 atom stereocenters. The van der Waals surface area contributed by atoms with E-state index in [1.807, 2.05) is 0 Å². The van der Waals surface area contributed by atoms with Crippen LogP contribution in [0.5, 0.6) is 0 Å². The van der Waals surface area contributed by atoms with Crippen molar-refractivity contribution in [3.8, 4) is 0 Å². The minimum atomic E-state index is 0.367. The Morgan fingerprint density at radius 2 is 2.00 bits per heavy atom. The Bertz CT molecular complexity index is 485. The maximum Gasteiger partial charge on any atom is 0.0594 e. The average molecular weight is 212 g/mol. The van der Waals surface area contributed by atoms with Gasteiger partial charge in [0.1, 0.15) is 0 Å². The Balaban J connectivity index is 2.05. The Kier molecular flexibility index (Phi) is 2.29. The van der Waals surface area contributed by atoms with E-state index in [9.17, 15) is 0 Å². The van der Waals surface area contributed by atoms with Crippen molar-refractivity contribution in [2.45, 2.75) is 12.5 Å². The fourth-order valence-electron chi connectivity index (χ4n) is 2.55. The minimum Gasteiger partial charge on any atom is -0.354 e. The number of nitrogens with one attached hydrogen (secondary N) is 1. The van der Waals surface area contributed by atoms with E-state index in [4.69, 9.17) is 0 Å². The number of nitrogens with zero attached hydrogens (tertiary/aromatic N) is 1. The maximum absolute atomic E-state index is 3.59. The summed E-state index contributed by atoms with van der Waals surface area (Å²) in [4.78, 5) is 0. The lowest BCUT2D eigenvalue weighted by Crippen LogP contribution is -2.30. The summed E-state index contributed by atoms with van der Waals surface area (Å²) in [7, 11) is 2.13. The largest absolute Gasteiger partial charge is 0.354 e. The molecule has 2 nitrogen and oxygen atoms in total. The molecule has 1 aromatic carbocycles. The van der Waals surface area contributed by atoms with Gasteiger partial charge in [0.2, 0.25) is 0 Å². The van der Waals surface area contributed by atoms with E-state index >= 15 is 0 Å². The summed E-state index contributed by atoms with van der Waals surface area (Å²) in [5.41, 5.74) is 4.25. The van der Waals surface area contributed by atoms with Crippen molar-refractivity contribution in [1.29, 1.82) is 0 Å². The van der Waals surface area contributed by atoms with Gasteiger partial charge in [-0.25, -0.2) is 0 Å². The lowest BCUT2D eigenvalue weighted by Gasteiger charge is -2.25. The number of hydrogen-bond acceptors (Lipinski definition) is 1. The van der Waals surface area contributed by atoms with Crippen molar-refractivity contribution in [2.24, 2.45) is 7.05 Å². The van der Waals surface area contributed by atoms with Gasteiger partial charge in [0.05, 0.1) is 6.04 Å². The van der Waals surface area contributed by atoms with Gasteiger partial charge in [-0.15, -0.1) is 0 Å². The molecule has 0 aliphatic carbocycles. The van der Waals surface area contributed by atoms with Crippen LogP contribution in [0.15, 0.2) is 42.6 Å². The molecule has 0 saturated carbocycles.